The van der Waals surface area contributed by atoms with Gasteiger partial charge in [-0.3, -0.25) is 9.36 Å². The minimum absolute atomic E-state index is 0.185. The first-order chi connectivity index (χ1) is 14.2. The lowest BCUT2D eigenvalue weighted by molar-refractivity contribution is 0.625. The summed E-state index contributed by atoms with van der Waals surface area (Å²) in [7, 11) is 0. The van der Waals surface area contributed by atoms with Gasteiger partial charge in [0.15, 0.2) is 0 Å². The molecule has 0 aliphatic rings. The van der Waals surface area contributed by atoms with Crippen LogP contribution in [-0.4, -0.2) is 14.5 Å². The highest BCUT2D eigenvalue weighted by atomic mass is 19.1. The van der Waals surface area contributed by atoms with Crippen molar-refractivity contribution in [2.45, 2.75) is 12.8 Å². The molecule has 0 unspecified atom stereocenters. The van der Waals surface area contributed by atoms with Crippen LogP contribution < -0.4 is 5.56 Å². The molecule has 0 amide bonds. The number of hydrogen-bond acceptors (Lipinski definition) is 2. The maximum atomic E-state index is 13.9. The third-order valence-corrected chi connectivity index (χ3v) is 5.20. The van der Waals surface area contributed by atoms with Crippen LogP contribution in [0.4, 0.5) is 4.39 Å². The van der Waals surface area contributed by atoms with Gasteiger partial charge >= 0.3 is 0 Å². The number of nitrogens with one attached hydrogen (secondary N) is 1. The molecule has 0 bridgehead atoms. The quantitative estimate of drug-likeness (QED) is 0.485. The second-order valence-electron chi connectivity index (χ2n) is 7.03. The average Bonchev–Trinajstić information content (AvgIpc) is 3.15. The van der Waals surface area contributed by atoms with E-state index in [9.17, 15) is 9.18 Å². The van der Waals surface area contributed by atoms with E-state index in [-0.39, 0.29) is 11.4 Å². The highest BCUT2D eigenvalue weighted by Gasteiger charge is 2.14. The largest absolute Gasteiger partial charge is 0.361 e. The van der Waals surface area contributed by atoms with E-state index >= 15 is 0 Å². The van der Waals surface area contributed by atoms with Gasteiger partial charge < -0.3 is 4.98 Å². The standard InChI is InChI=1S/C24H18FN3O/c25-17-6-5-7-18(14-17)28-23(27-22-11-4-2-9-20(22)24(28)29)13-12-16-15-26-21-10-3-1-8-19(16)21/h1-11,14-15,26H,12-13H2. The molecule has 0 aliphatic heterocycles. The van der Waals surface area contributed by atoms with Crippen molar-refractivity contribution >= 4 is 21.8 Å². The Bertz CT molecular complexity index is 1400. The first-order valence-electron chi connectivity index (χ1n) is 9.52. The first kappa shape index (κ1) is 17.4. The van der Waals surface area contributed by atoms with Gasteiger partial charge in [-0.1, -0.05) is 36.4 Å². The van der Waals surface area contributed by atoms with Crippen molar-refractivity contribution < 1.29 is 4.39 Å². The minimum atomic E-state index is -0.384. The minimum Gasteiger partial charge on any atom is -0.361 e. The van der Waals surface area contributed by atoms with Crippen LogP contribution in [0.3, 0.4) is 0 Å². The van der Waals surface area contributed by atoms with E-state index in [0.717, 1.165) is 16.5 Å². The van der Waals surface area contributed by atoms with Crippen LogP contribution >= 0.6 is 0 Å². The Morgan fingerprint density at radius 3 is 2.55 bits per heavy atom. The van der Waals surface area contributed by atoms with Crippen molar-refractivity contribution in [3.05, 3.63) is 107 Å². The van der Waals surface area contributed by atoms with Crippen LogP contribution in [0.1, 0.15) is 11.4 Å². The molecule has 0 aliphatic carbocycles. The molecule has 0 radical (unpaired) electrons. The lowest BCUT2D eigenvalue weighted by atomic mass is 10.1. The highest BCUT2D eigenvalue weighted by molar-refractivity contribution is 5.83. The van der Waals surface area contributed by atoms with Crippen LogP contribution in [0.25, 0.3) is 27.5 Å². The number of hydrogen-bond donors (Lipinski definition) is 1. The topological polar surface area (TPSA) is 50.7 Å². The molecule has 0 spiro atoms. The number of para-hydroxylation sites is 2. The lowest BCUT2D eigenvalue weighted by Gasteiger charge is -2.14. The molecule has 5 aromatic rings. The molecule has 0 atom stereocenters. The molecule has 29 heavy (non-hydrogen) atoms. The number of halogens is 1. The van der Waals surface area contributed by atoms with Crippen LogP contribution in [0.2, 0.25) is 0 Å². The van der Waals surface area contributed by atoms with E-state index in [2.05, 4.69) is 11.1 Å². The van der Waals surface area contributed by atoms with Gasteiger partial charge in [-0.05, 0) is 48.4 Å². The predicted molar refractivity (Wildman–Crippen MR) is 113 cm³/mol. The number of aromatic nitrogens is 3. The van der Waals surface area contributed by atoms with Crippen molar-refractivity contribution in [2.24, 2.45) is 0 Å². The molecule has 0 saturated carbocycles. The Labute approximate surface area is 166 Å². The summed E-state index contributed by atoms with van der Waals surface area (Å²) in [6.45, 7) is 0. The maximum absolute atomic E-state index is 13.9. The van der Waals surface area contributed by atoms with Crippen molar-refractivity contribution in [3.63, 3.8) is 0 Å². The average molecular weight is 383 g/mol. The molecule has 142 valence electrons. The number of nitrogens with zero attached hydrogens (tertiary/aromatic N) is 2. The van der Waals surface area contributed by atoms with Crippen LogP contribution in [0, 0.1) is 5.82 Å². The normalized spacial score (nSPS) is 11.3. The van der Waals surface area contributed by atoms with E-state index < -0.39 is 0 Å². The summed E-state index contributed by atoms with van der Waals surface area (Å²) in [6, 6.07) is 21.5. The molecular weight excluding hydrogens is 365 g/mol. The number of H-pyrrole nitrogens is 1. The number of rotatable bonds is 4. The van der Waals surface area contributed by atoms with Crippen LogP contribution in [-0.2, 0) is 12.8 Å². The zero-order valence-corrected chi connectivity index (χ0v) is 15.6. The number of fused-ring (bicyclic) bond motifs is 2. The Balaban J connectivity index is 1.64. The fourth-order valence-electron chi connectivity index (χ4n) is 3.81. The van der Waals surface area contributed by atoms with Crippen molar-refractivity contribution in [1.29, 1.82) is 0 Å². The molecule has 2 aromatic heterocycles. The second-order valence-corrected chi connectivity index (χ2v) is 7.03. The van der Waals surface area contributed by atoms with Crippen molar-refractivity contribution in [1.82, 2.24) is 14.5 Å². The monoisotopic (exact) mass is 383 g/mol. The van der Waals surface area contributed by atoms with Crippen molar-refractivity contribution in [2.75, 3.05) is 0 Å². The van der Waals surface area contributed by atoms with E-state index in [1.165, 1.54) is 16.7 Å². The molecule has 5 heteroatoms. The SMILES string of the molecule is O=c1c2ccccc2nc(CCc2c[nH]c3ccccc23)n1-c1cccc(F)c1. The van der Waals surface area contributed by atoms with E-state index in [4.69, 9.17) is 4.98 Å². The molecule has 0 fully saturated rings. The van der Waals surface area contributed by atoms with Gasteiger partial charge in [0.25, 0.3) is 5.56 Å². The van der Waals surface area contributed by atoms with E-state index in [1.54, 1.807) is 18.2 Å². The van der Waals surface area contributed by atoms with Gasteiger partial charge in [0, 0.05) is 23.5 Å². The van der Waals surface area contributed by atoms with Gasteiger partial charge in [0.1, 0.15) is 11.6 Å². The van der Waals surface area contributed by atoms with Gasteiger partial charge in [0.05, 0.1) is 16.6 Å². The maximum Gasteiger partial charge on any atom is 0.265 e. The van der Waals surface area contributed by atoms with Gasteiger partial charge in [-0.15, -0.1) is 0 Å². The molecule has 5 rings (SSSR count). The van der Waals surface area contributed by atoms with E-state index in [1.807, 2.05) is 42.6 Å². The summed E-state index contributed by atoms with van der Waals surface area (Å²) in [6.07, 6.45) is 3.26. The number of aryl methyl sites for hydroxylation is 2. The van der Waals surface area contributed by atoms with Crippen LogP contribution in [0.15, 0.2) is 83.8 Å². The summed E-state index contributed by atoms with van der Waals surface area (Å²) in [4.78, 5) is 21.3. The number of benzene rings is 3. The fraction of sp³-hybridized carbons (Fsp3) is 0.0833. The summed E-state index contributed by atoms with van der Waals surface area (Å²) in [5, 5.41) is 1.68. The Morgan fingerprint density at radius 1 is 0.897 bits per heavy atom. The van der Waals surface area contributed by atoms with Gasteiger partial charge in [-0.2, -0.15) is 0 Å². The Kier molecular flexibility index (Phi) is 4.21. The summed E-state index contributed by atoms with van der Waals surface area (Å²) < 4.78 is 15.4. The molecule has 0 saturated heterocycles. The predicted octanol–water partition coefficient (Wildman–Crippen LogP) is 4.79. The summed E-state index contributed by atoms with van der Waals surface area (Å²) in [5.74, 6) is 0.231. The lowest BCUT2D eigenvalue weighted by Crippen LogP contribution is -2.24. The Morgan fingerprint density at radius 2 is 1.69 bits per heavy atom. The van der Waals surface area contributed by atoms with Crippen LogP contribution in [0.5, 0.6) is 0 Å². The van der Waals surface area contributed by atoms with E-state index in [0.29, 0.717) is 35.3 Å². The molecule has 4 nitrogen and oxygen atoms in total. The fourth-order valence-corrected chi connectivity index (χ4v) is 3.81. The second kappa shape index (κ2) is 7.02. The molecule has 1 N–H and O–H groups in total. The molecule has 3 aromatic carbocycles. The summed E-state index contributed by atoms with van der Waals surface area (Å²) in [5.41, 5.74) is 3.20. The third kappa shape index (κ3) is 3.10. The number of aromatic amines is 1. The van der Waals surface area contributed by atoms with Crippen molar-refractivity contribution in [3.8, 4) is 5.69 Å². The first-order valence-corrected chi connectivity index (χ1v) is 9.52. The molecular formula is C24H18FN3O. The van der Waals surface area contributed by atoms with Gasteiger partial charge in [-0.25, -0.2) is 9.37 Å². The zero-order chi connectivity index (χ0) is 19.8. The third-order valence-electron chi connectivity index (χ3n) is 5.20. The Hall–Kier alpha value is -3.73. The smallest absolute Gasteiger partial charge is 0.265 e. The highest BCUT2D eigenvalue weighted by Crippen LogP contribution is 2.20. The van der Waals surface area contributed by atoms with Gasteiger partial charge in [0.2, 0.25) is 0 Å². The molecule has 2 heterocycles. The summed E-state index contributed by atoms with van der Waals surface area (Å²) >= 11 is 0. The zero-order valence-electron chi connectivity index (χ0n) is 15.6.